The van der Waals surface area contributed by atoms with Crippen LogP contribution in [0.2, 0.25) is 5.02 Å². The van der Waals surface area contributed by atoms with E-state index < -0.39 is 5.60 Å². The molecule has 0 saturated carbocycles. The highest BCUT2D eigenvalue weighted by Crippen LogP contribution is 2.36. The molecule has 3 rings (SSSR count). The van der Waals surface area contributed by atoms with Crippen molar-refractivity contribution in [2.75, 3.05) is 0 Å². The second-order valence-corrected chi connectivity index (χ2v) is 5.15. The fraction of sp³-hybridized carbons (Fsp3) is 0.0588. The molecule has 1 atom stereocenters. The van der Waals surface area contributed by atoms with Gasteiger partial charge in [0.1, 0.15) is 5.60 Å². The van der Waals surface area contributed by atoms with E-state index in [1.54, 1.807) is 30.6 Å². The lowest BCUT2D eigenvalue weighted by atomic mass is 9.81. The fourth-order valence-electron chi connectivity index (χ4n) is 2.38. The Labute approximate surface area is 127 Å². The van der Waals surface area contributed by atoms with Crippen LogP contribution in [0.25, 0.3) is 0 Å². The zero-order chi connectivity index (χ0) is 14.7. The molecule has 0 aliphatic heterocycles. The summed E-state index contributed by atoms with van der Waals surface area (Å²) in [6, 6.07) is 18.4. The molecule has 0 spiro atoms. The summed E-state index contributed by atoms with van der Waals surface area (Å²) in [6.45, 7) is 0. The van der Waals surface area contributed by atoms with Gasteiger partial charge in [0.15, 0.2) is 0 Å². The van der Waals surface area contributed by atoms with Crippen LogP contribution >= 0.6 is 11.6 Å². The minimum atomic E-state index is -1.29. The van der Waals surface area contributed by atoms with Gasteiger partial charge in [0.2, 0.25) is 0 Å². The minimum Gasteiger partial charge on any atom is -0.376 e. The van der Waals surface area contributed by atoms with E-state index in [0.717, 1.165) is 11.1 Å². The van der Waals surface area contributed by atoms with Gasteiger partial charge in [-0.2, -0.15) is 10.2 Å². The molecule has 1 heterocycles. The molecule has 4 heteroatoms. The molecule has 0 saturated heterocycles. The molecule has 3 nitrogen and oxygen atoms in total. The molecular formula is C17H13ClN2O. The number of hydrogen-bond donors (Lipinski definition) is 1. The summed E-state index contributed by atoms with van der Waals surface area (Å²) in [7, 11) is 0. The van der Waals surface area contributed by atoms with Gasteiger partial charge in [0.25, 0.3) is 0 Å². The average Bonchev–Trinajstić information content (AvgIpc) is 2.56. The van der Waals surface area contributed by atoms with E-state index in [9.17, 15) is 5.11 Å². The first-order valence-corrected chi connectivity index (χ1v) is 6.90. The maximum absolute atomic E-state index is 11.4. The molecule has 0 bridgehead atoms. The van der Waals surface area contributed by atoms with Crippen molar-refractivity contribution in [3.63, 3.8) is 0 Å². The Kier molecular flexibility index (Phi) is 3.69. The quantitative estimate of drug-likeness (QED) is 0.805. The van der Waals surface area contributed by atoms with Crippen molar-refractivity contribution in [3.8, 4) is 0 Å². The van der Waals surface area contributed by atoms with Crippen LogP contribution < -0.4 is 0 Å². The number of hydrogen-bond acceptors (Lipinski definition) is 3. The van der Waals surface area contributed by atoms with Crippen molar-refractivity contribution in [2.24, 2.45) is 0 Å². The van der Waals surface area contributed by atoms with E-state index in [1.807, 2.05) is 42.5 Å². The first-order chi connectivity index (χ1) is 10.2. The topological polar surface area (TPSA) is 46.0 Å². The van der Waals surface area contributed by atoms with Gasteiger partial charge in [-0.15, -0.1) is 0 Å². The third-order valence-electron chi connectivity index (χ3n) is 3.46. The molecule has 2 aromatic carbocycles. The lowest BCUT2D eigenvalue weighted by Gasteiger charge is -2.29. The molecule has 1 aromatic heterocycles. The van der Waals surface area contributed by atoms with E-state index in [-0.39, 0.29) is 0 Å². The lowest BCUT2D eigenvalue weighted by Crippen LogP contribution is -2.29. The predicted octanol–water partition coefficient (Wildman–Crippen LogP) is 3.41. The number of rotatable bonds is 3. The summed E-state index contributed by atoms with van der Waals surface area (Å²) in [4.78, 5) is 0. The third-order valence-corrected chi connectivity index (χ3v) is 3.71. The van der Waals surface area contributed by atoms with Crippen molar-refractivity contribution >= 4 is 11.6 Å². The van der Waals surface area contributed by atoms with E-state index in [0.29, 0.717) is 10.6 Å². The number of halogens is 1. The molecule has 1 N–H and O–H groups in total. The zero-order valence-corrected chi connectivity index (χ0v) is 11.9. The summed E-state index contributed by atoms with van der Waals surface area (Å²) < 4.78 is 0. The Balaban J connectivity index is 2.23. The van der Waals surface area contributed by atoms with Gasteiger partial charge in [-0.05, 0) is 29.3 Å². The Morgan fingerprint density at radius 3 is 2.05 bits per heavy atom. The van der Waals surface area contributed by atoms with Gasteiger partial charge >= 0.3 is 0 Å². The van der Waals surface area contributed by atoms with Crippen molar-refractivity contribution < 1.29 is 5.11 Å². The van der Waals surface area contributed by atoms with Crippen molar-refractivity contribution in [1.82, 2.24) is 10.2 Å². The number of benzene rings is 2. The van der Waals surface area contributed by atoms with Crippen LogP contribution in [0.15, 0.2) is 73.1 Å². The number of aliphatic hydroxyl groups is 1. The molecule has 21 heavy (non-hydrogen) atoms. The minimum absolute atomic E-state index is 0.627. The van der Waals surface area contributed by atoms with Gasteiger partial charge in [-0.25, -0.2) is 0 Å². The van der Waals surface area contributed by atoms with Gasteiger partial charge in [0.05, 0.1) is 6.20 Å². The summed E-state index contributed by atoms with van der Waals surface area (Å²) in [6.07, 6.45) is 3.14. The summed E-state index contributed by atoms with van der Waals surface area (Å²) in [5.74, 6) is 0. The van der Waals surface area contributed by atoms with E-state index in [2.05, 4.69) is 10.2 Å². The highest BCUT2D eigenvalue weighted by Gasteiger charge is 2.33. The van der Waals surface area contributed by atoms with Gasteiger partial charge in [-0.1, -0.05) is 54.1 Å². The normalized spacial score (nSPS) is 13.6. The first kappa shape index (κ1) is 13.7. The molecule has 0 unspecified atom stereocenters. The SMILES string of the molecule is O[C@@](c1ccccc1)(c1ccc(Cl)cc1)c1ccnnc1. The molecular weight excluding hydrogens is 284 g/mol. The monoisotopic (exact) mass is 296 g/mol. The second kappa shape index (κ2) is 5.64. The van der Waals surface area contributed by atoms with Crippen molar-refractivity contribution in [2.45, 2.75) is 5.60 Å². The summed E-state index contributed by atoms with van der Waals surface area (Å²) in [5, 5.41) is 19.7. The summed E-state index contributed by atoms with van der Waals surface area (Å²) >= 11 is 5.95. The molecule has 3 aromatic rings. The van der Waals surface area contributed by atoms with Crippen LogP contribution in [0.4, 0.5) is 0 Å². The van der Waals surface area contributed by atoms with Crippen LogP contribution in [0.3, 0.4) is 0 Å². The van der Waals surface area contributed by atoms with Crippen molar-refractivity contribution in [1.29, 1.82) is 0 Å². The predicted molar refractivity (Wildman–Crippen MR) is 82.0 cm³/mol. The van der Waals surface area contributed by atoms with E-state index in [1.165, 1.54) is 0 Å². The average molecular weight is 297 g/mol. The largest absolute Gasteiger partial charge is 0.376 e. The molecule has 104 valence electrons. The van der Waals surface area contributed by atoms with Crippen molar-refractivity contribution in [3.05, 3.63) is 94.8 Å². The standard InChI is InChI=1S/C17H13ClN2O/c18-16-8-6-14(7-9-16)17(21,13-4-2-1-3-5-13)15-10-11-19-20-12-15/h1-12,21H/t17-/m0/s1. The fourth-order valence-corrected chi connectivity index (χ4v) is 2.50. The zero-order valence-electron chi connectivity index (χ0n) is 11.1. The maximum Gasteiger partial charge on any atom is 0.142 e. The van der Waals surface area contributed by atoms with Crippen LogP contribution in [0.5, 0.6) is 0 Å². The smallest absolute Gasteiger partial charge is 0.142 e. The lowest BCUT2D eigenvalue weighted by molar-refractivity contribution is 0.125. The Morgan fingerprint density at radius 1 is 0.762 bits per heavy atom. The molecule has 0 aliphatic carbocycles. The number of aromatic nitrogens is 2. The van der Waals surface area contributed by atoms with Gasteiger partial charge in [0, 0.05) is 16.8 Å². The molecule has 0 aliphatic rings. The molecule has 0 radical (unpaired) electrons. The van der Waals surface area contributed by atoms with E-state index in [4.69, 9.17) is 11.6 Å². The van der Waals surface area contributed by atoms with Crippen LogP contribution in [-0.2, 0) is 5.60 Å². The summed E-state index contributed by atoms with van der Waals surface area (Å²) in [5.41, 5.74) is 0.861. The first-order valence-electron chi connectivity index (χ1n) is 6.52. The van der Waals surface area contributed by atoms with Gasteiger partial charge < -0.3 is 5.11 Å². The van der Waals surface area contributed by atoms with Crippen LogP contribution in [0, 0.1) is 0 Å². The Morgan fingerprint density at radius 2 is 1.43 bits per heavy atom. The highest BCUT2D eigenvalue weighted by molar-refractivity contribution is 6.30. The number of nitrogens with zero attached hydrogens (tertiary/aromatic N) is 2. The molecule has 0 amide bonds. The Bertz CT molecular complexity index is 675. The highest BCUT2D eigenvalue weighted by atomic mass is 35.5. The van der Waals surface area contributed by atoms with Crippen LogP contribution in [0.1, 0.15) is 16.7 Å². The second-order valence-electron chi connectivity index (χ2n) is 4.71. The van der Waals surface area contributed by atoms with E-state index >= 15 is 0 Å². The maximum atomic E-state index is 11.4. The van der Waals surface area contributed by atoms with Gasteiger partial charge in [-0.3, -0.25) is 0 Å². The Hall–Kier alpha value is -2.23. The molecule has 0 fully saturated rings. The third kappa shape index (κ3) is 2.53. The van der Waals surface area contributed by atoms with Crippen LogP contribution in [-0.4, -0.2) is 15.3 Å².